The molecule has 1 aromatic rings. The number of aromatic amines is 1. The maximum atomic E-state index is 3.65. The number of rotatable bonds is 32. The molecule has 2 unspecified atom stereocenters. The molecule has 1 N–H and O–H groups in total. The molecular weight excluding hydrogens is 496 g/mol. The van der Waals surface area contributed by atoms with Gasteiger partial charge in [0.05, 0.1) is 12.0 Å². The Morgan fingerprint density at radius 2 is 0.829 bits per heavy atom. The second-order valence-corrected chi connectivity index (χ2v) is 13.6. The molecule has 0 saturated heterocycles. The quantitative estimate of drug-likeness (QED) is 0.0653. The summed E-state index contributed by atoms with van der Waals surface area (Å²) in [5.41, 5.74) is 0. The maximum absolute atomic E-state index is 3.65. The Morgan fingerprint density at radius 3 is 1.20 bits per heavy atom. The summed E-state index contributed by atoms with van der Waals surface area (Å²) >= 11 is 0. The zero-order valence-corrected chi connectivity index (χ0v) is 29.0. The fraction of sp³-hybridized carbons (Fsp3) is 0.923. The SMILES string of the molecule is CCCCCCCCCCCCCCCCC(C)[n+]1cc[nH]c1C(CC)CCCCCCCCCCCCCCC. The molecule has 0 spiro atoms. The zero-order chi connectivity index (χ0) is 29.6. The standard InChI is InChI=1S/C39H76N2/c1-5-8-10-12-14-16-18-20-22-23-25-27-29-31-33-37(4)41-36-35-40-39(41)38(7-3)34-32-30-28-26-24-21-19-17-15-13-11-9-6-2/h35-38H,5-34H2,1-4H3/p+1. The van der Waals surface area contributed by atoms with E-state index in [1.165, 1.54) is 198 Å². The van der Waals surface area contributed by atoms with Gasteiger partial charge in [-0.3, -0.25) is 0 Å². The lowest BCUT2D eigenvalue weighted by Crippen LogP contribution is -2.41. The van der Waals surface area contributed by atoms with Crippen LogP contribution >= 0.6 is 0 Å². The fourth-order valence-corrected chi connectivity index (χ4v) is 6.79. The summed E-state index contributed by atoms with van der Waals surface area (Å²) in [7, 11) is 0. The average Bonchev–Trinajstić information content (AvgIpc) is 3.47. The number of hydrogen-bond donors (Lipinski definition) is 1. The van der Waals surface area contributed by atoms with Crippen LogP contribution in [0.2, 0.25) is 0 Å². The summed E-state index contributed by atoms with van der Waals surface area (Å²) in [4.78, 5) is 3.65. The van der Waals surface area contributed by atoms with E-state index < -0.39 is 0 Å². The van der Waals surface area contributed by atoms with Crippen LogP contribution in [0.1, 0.15) is 238 Å². The third kappa shape index (κ3) is 21.5. The van der Waals surface area contributed by atoms with E-state index in [1.807, 2.05) is 0 Å². The molecule has 242 valence electrons. The Hall–Kier alpha value is -0.790. The van der Waals surface area contributed by atoms with Crippen molar-refractivity contribution in [2.75, 3.05) is 0 Å². The molecule has 0 aliphatic carbocycles. The number of hydrogen-bond acceptors (Lipinski definition) is 0. The van der Waals surface area contributed by atoms with Gasteiger partial charge in [0.15, 0.2) is 0 Å². The first kappa shape index (κ1) is 38.2. The minimum atomic E-state index is 0.620. The second kappa shape index (κ2) is 29.3. The highest BCUT2D eigenvalue weighted by Gasteiger charge is 2.24. The molecule has 41 heavy (non-hydrogen) atoms. The van der Waals surface area contributed by atoms with Crippen molar-refractivity contribution >= 4 is 0 Å². The Kier molecular flexibility index (Phi) is 27.3. The first-order valence-electron chi connectivity index (χ1n) is 19.3. The van der Waals surface area contributed by atoms with Crippen molar-refractivity contribution in [2.45, 2.75) is 232 Å². The zero-order valence-electron chi connectivity index (χ0n) is 29.0. The van der Waals surface area contributed by atoms with E-state index >= 15 is 0 Å². The van der Waals surface area contributed by atoms with Crippen LogP contribution in [0.5, 0.6) is 0 Å². The summed E-state index contributed by atoms with van der Waals surface area (Å²) in [6.07, 6.45) is 47.4. The summed E-state index contributed by atoms with van der Waals surface area (Å²) < 4.78 is 2.58. The van der Waals surface area contributed by atoms with E-state index in [-0.39, 0.29) is 0 Å². The number of nitrogens with zero attached hydrogens (tertiary/aromatic N) is 1. The smallest absolute Gasteiger partial charge is 0.247 e. The molecule has 0 aromatic carbocycles. The topological polar surface area (TPSA) is 19.7 Å². The summed E-state index contributed by atoms with van der Waals surface area (Å²) in [5, 5.41) is 0. The molecule has 0 radical (unpaired) electrons. The van der Waals surface area contributed by atoms with Gasteiger partial charge in [0.1, 0.15) is 12.4 Å². The van der Waals surface area contributed by atoms with Gasteiger partial charge in [-0.05, 0) is 32.6 Å². The lowest BCUT2D eigenvalue weighted by molar-refractivity contribution is -0.727. The van der Waals surface area contributed by atoms with Crippen molar-refractivity contribution in [3.63, 3.8) is 0 Å². The molecule has 0 bridgehead atoms. The molecule has 1 heterocycles. The average molecular weight is 574 g/mol. The maximum Gasteiger partial charge on any atom is 0.257 e. The molecule has 2 atom stereocenters. The van der Waals surface area contributed by atoms with Crippen molar-refractivity contribution in [2.24, 2.45) is 0 Å². The van der Waals surface area contributed by atoms with Gasteiger partial charge in [-0.1, -0.05) is 188 Å². The van der Waals surface area contributed by atoms with E-state index in [0.717, 1.165) is 0 Å². The molecule has 1 rings (SSSR count). The molecular formula is C39H77N2+. The summed E-state index contributed by atoms with van der Waals surface area (Å²) in [5.74, 6) is 2.18. The van der Waals surface area contributed by atoms with Crippen molar-refractivity contribution in [3.05, 3.63) is 18.2 Å². The Morgan fingerprint density at radius 1 is 0.488 bits per heavy atom. The van der Waals surface area contributed by atoms with Crippen LogP contribution in [-0.2, 0) is 0 Å². The van der Waals surface area contributed by atoms with Gasteiger partial charge in [-0.25, -0.2) is 9.55 Å². The van der Waals surface area contributed by atoms with Crippen LogP contribution in [0.25, 0.3) is 0 Å². The lowest BCUT2D eigenvalue weighted by atomic mass is 9.96. The van der Waals surface area contributed by atoms with Crippen molar-refractivity contribution in [1.29, 1.82) is 0 Å². The van der Waals surface area contributed by atoms with Crippen LogP contribution in [-0.4, -0.2) is 4.98 Å². The molecule has 2 nitrogen and oxygen atoms in total. The van der Waals surface area contributed by atoms with Crippen molar-refractivity contribution in [3.8, 4) is 0 Å². The van der Waals surface area contributed by atoms with Crippen LogP contribution in [0.3, 0.4) is 0 Å². The van der Waals surface area contributed by atoms with Gasteiger partial charge in [0, 0.05) is 0 Å². The second-order valence-electron chi connectivity index (χ2n) is 13.6. The number of unbranched alkanes of at least 4 members (excludes halogenated alkanes) is 25. The van der Waals surface area contributed by atoms with E-state index in [9.17, 15) is 0 Å². The molecule has 0 amide bonds. The minimum absolute atomic E-state index is 0.620. The van der Waals surface area contributed by atoms with Crippen LogP contribution in [0.15, 0.2) is 12.4 Å². The van der Waals surface area contributed by atoms with Gasteiger partial charge in [0.2, 0.25) is 0 Å². The lowest BCUT2D eigenvalue weighted by Gasteiger charge is -2.16. The highest BCUT2D eigenvalue weighted by atomic mass is 15.1. The number of aromatic nitrogens is 2. The highest BCUT2D eigenvalue weighted by molar-refractivity contribution is 4.89. The predicted molar refractivity (Wildman–Crippen MR) is 184 cm³/mol. The minimum Gasteiger partial charge on any atom is -0.247 e. The Balaban J connectivity index is 2.06. The third-order valence-corrected chi connectivity index (χ3v) is 9.73. The first-order chi connectivity index (χ1) is 20.2. The number of imidazole rings is 1. The van der Waals surface area contributed by atoms with Gasteiger partial charge in [-0.15, -0.1) is 0 Å². The highest BCUT2D eigenvalue weighted by Crippen LogP contribution is 2.24. The van der Waals surface area contributed by atoms with Crippen molar-refractivity contribution in [1.82, 2.24) is 4.98 Å². The molecule has 2 heteroatoms. The summed E-state index contributed by atoms with van der Waals surface area (Å²) in [6.45, 7) is 9.44. The van der Waals surface area contributed by atoms with Crippen LogP contribution in [0.4, 0.5) is 0 Å². The third-order valence-electron chi connectivity index (χ3n) is 9.73. The Labute approximate surface area is 259 Å². The van der Waals surface area contributed by atoms with Crippen molar-refractivity contribution < 1.29 is 4.57 Å². The predicted octanol–water partition coefficient (Wildman–Crippen LogP) is 13.7. The molecule has 0 fully saturated rings. The van der Waals surface area contributed by atoms with E-state index in [1.54, 1.807) is 0 Å². The number of nitrogens with one attached hydrogen (secondary N) is 1. The normalized spacial score (nSPS) is 13.2. The first-order valence-corrected chi connectivity index (χ1v) is 19.3. The Bertz CT molecular complexity index is 635. The molecule has 0 aliphatic rings. The molecule has 0 aliphatic heterocycles. The monoisotopic (exact) mass is 574 g/mol. The van der Waals surface area contributed by atoms with Gasteiger partial charge in [-0.2, -0.15) is 0 Å². The summed E-state index contributed by atoms with van der Waals surface area (Å²) in [6, 6.07) is 0.620. The van der Waals surface area contributed by atoms with Crippen LogP contribution in [0, 0.1) is 0 Å². The van der Waals surface area contributed by atoms with Gasteiger partial charge < -0.3 is 0 Å². The van der Waals surface area contributed by atoms with Crippen LogP contribution < -0.4 is 4.57 Å². The fourth-order valence-electron chi connectivity index (χ4n) is 6.79. The number of H-pyrrole nitrogens is 1. The molecule has 0 saturated carbocycles. The largest absolute Gasteiger partial charge is 0.257 e. The molecule has 1 aromatic heterocycles. The van der Waals surface area contributed by atoms with E-state index in [2.05, 4.69) is 49.6 Å². The van der Waals surface area contributed by atoms with E-state index in [0.29, 0.717) is 12.0 Å². The van der Waals surface area contributed by atoms with E-state index in [4.69, 9.17) is 0 Å². The van der Waals surface area contributed by atoms with Gasteiger partial charge in [0.25, 0.3) is 5.82 Å². The van der Waals surface area contributed by atoms with Gasteiger partial charge >= 0.3 is 0 Å².